The lowest BCUT2D eigenvalue weighted by molar-refractivity contribution is -0.130. The number of aryl methyl sites for hydroxylation is 1. The van der Waals surface area contributed by atoms with Crippen LogP contribution >= 0.6 is 0 Å². The first-order chi connectivity index (χ1) is 9.08. The van der Waals surface area contributed by atoms with Crippen LogP contribution in [0.1, 0.15) is 38.3 Å². The molecule has 0 fully saturated rings. The number of nitrogens with zero attached hydrogens (tertiary/aromatic N) is 1. The average molecular weight is 257 g/mol. The van der Waals surface area contributed by atoms with E-state index in [0.29, 0.717) is 23.9 Å². The highest BCUT2D eigenvalue weighted by molar-refractivity contribution is 6.07. The zero-order valence-electron chi connectivity index (χ0n) is 11.6. The van der Waals surface area contributed by atoms with Gasteiger partial charge in [0.05, 0.1) is 0 Å². The van der Waals surface area contributed by atoms with Crippen molar-refractivity contribution in [3.63, 3.8) is 0 Å². The van der Waals surface area contributed by atoms with E-state index in [2.05, 4.69) is 37.9 Å². The minimum absolute atomic E-state index is 0.352. The van der Waals surface area contributed by atoms with E-state index in [1.807, 2.05) is 12.1 Å². The van der Waals surface area contributed by atoms with E-state index in [1.165, 1.54) is 5.56 Å². The Bertz CT molecular complexity index is 524. The maximum absolute atomic E-state index is 11.7. The van der Waals surface area contributed by atoms with Crippen LogP contribution in [0.4, 0.5) is 0 Å². The van der Waals surface area contributed by atoms with Crippen LogP contribution in [0.2, 0.25) is 0 Å². The molecule has 1 aliphatic rings. The van der Waals surface area contributed by atoms with E-state index in [9.17, 15) is 4.79 Å². The van der Waals surface area contributed by atoms with E-state index in [-0.39, 0.29) is 5.97 Å². The zero-order chi connectivity index (χ0) is 13.8. The fourth-order valence-electron chi connectivity index (χ4n) is 1.90. The number of benzene rings is 1. The van der Waals surface area contributed by atoms with Gasteiger partial charge in [-0.2, -0.15) is 0 Å². The van der Waals surface area contributed by atoms with Gasteiger partial charge in [-0.15, -0.1) is 0 Å². The maximum atomic E-state index is 11.7. The molecule has 3 heteroatoms. The molecule has 0 spiro atoms. The first-order valence-electron chi connectivity index (χ1n) is 6.69. The van der Waals surface area contributed by atoms with E-state index >= 15 is 0 Å². The van der Waals surface area contributed by atoms with Crippen molar-refractivity contribution in [2.45, 2.75) is 33.6 Å². The second kappa shape index (κ2) is 5.83. The smallest absolute Gasteiger partial charge is 0.363 e. The summed E-state index contributed by atoms with van der Waals surface area (Å²) in [6, 6.07) is 8.11. The fourth-order valence-corrected chi connectivity index (χ4v) is 1.90. The lowest BCUT2D eigenvalue weighted by Crippen LogP contribution is -2.06. The number of rotatable bonds is 4. The van der Waals surface area contributed by atoms with Crippen LogP contribution in [0.5, 0.6) is 0 Å². The molecule has 0 unspecified atom stereocenters. The number of aliphatic imine (C=N–C) groups is 1. The van der Waals surface area contributed by atoms with Crippen LogP contribution in [-0.2, 0) is 16.0 Å². The number of esters is 1. The lowest BCUT2D eigenvalue weighted by Gasteiger charge is -2.01. The van der Waals surface area contributed by atoms with Crippen molar-refractivity contribution in [2.75, 3.05) is 0 Å². The van der Waals surface area contributed by atoms with Crippen LogP contribution in [0, 0.1) is 5.92 Å². The van der Waals surface area contributed by atoms with E-state index in [4.69, 9.17) is 4.74 Å². The highest BCUT2D eigenvalue weighted by Gasteiger charge is 2.23. The molecule has 0 radical (unpaired) electrons. The maximum Gasteiger partial charge on any atom is 0.363 e. The molecular weight excluding hydrogens is 238 g/mol. The Morgan fingerprint density at radius 2 is 1.95 bits per heavy atom. The summed E-state index contributed by atoms with van der Waals surface area (Å²) in [5.41, 5.74) is 2.64. The summed E-state index contributed by atoms with van der Waals surface area (Å²) >= 11 is 0. The molecule has 0 atom stereocenters. The van der Waals surface area contributed by atoms with Gasteiger partial charge in [0.15, 0.2) is 11.6 Å². The quantitative estimate of drug-likeness (QED) is 0.610. The van der Waals surface area contributed by atoms with Crippen molar-refractivity contribution < 1.29 is 9.53 Å². The molecule has 3 nitrogen and oxygen atoms in total. The number of carbonyl (C=O) groups excluding carboxylic acids is 1. The second-order valence-corrected chi connectivity index (χ2v) is 5.12. The van der Waals surface area contributed by atoms with Crippen molar-refractivity contribution in [2.24, 2.45) is 10.9 Å². The van der Waals surface area contributed by atoms with Gasteiger partial charge >= 0.3 is 5.97 Å². The SMILES string of the molecule is CCc1ccc(/C=C2/N=C(CC(C)C)OC2=O)cc1. The average Bonchev–Trinajstić information content (AvgIpc) is 2.69. The molecule has 0 saturated carbocycles. The molecule has 0 saturated heterocycles. The minimum atomic E-state index is -0.352. The highest BCUT2D eigenvalue weighted by Crippen LogP contribution is 2.19. The normalized spacial score (nSPS) is 16.9. The Balaban J connectivity index is 2.17. The minimum Gasteiger partial charge on any atom is -0.407 e. The standard InChI is InChI=1S/C16H19NO2/c1-4-12-5-7-13(8-6-12)10-14-16(18)19-15(17-14)9-11(2)3/h5-8,10-11H,4,9H2,1-3H3/b14-10+. The van der Waals surface area contributed by atoms with E-state index < -0.39 is 0 Å². The third-order valence-corrected chi connectivity index (χ3v) is 2.94. The van der Waals surface area contributed by atoms with Gasteiger partial charge in [0.1, 0.15) is 0 Å². The summed E-state index contributed by atoms with van der Waals surface area (Å²) in [5, 5.41) is 0. The van der Waals surface area contributed by atoms with Crippen molar-refractivity contribution in [1.29, 1.82) is 0 Å². The van der Waals surface area contributed by atoms with Gasteiger partial charge in [-0.3, -0.25) is 0 Å². The predicted molar refractivity (Wildman–Crippen MR) is 76.8 cm³/mol. The molecule has 1 heterocycles. The summed E-state index contributed by atoms with van der Waals surface area (Å²) < 4.78 is 5.14. The Hall–Kier alpha value is -1.90. The molecular formula is C16H19NO2. The number of hydrogen-bond acceptors (Lipinski definition) is 3. The van der Waals surface area contributed by atoms with Gasteiger partial charge < -0.3 is 4.74 Å². The molecule has 0 amide bonds. The van der Waals surface area contributed by atoms with Crippen LogP contribution in [0.25, 0.3) is 6.08 Å². The molecule has 0 aromatic heterocycles. The molecule has 100 valence electrons. The van der Waals surface area contributed by atoms with Crippen LogP contribution < -0.4 is 0 Å². The molecule has 2 rings (SSSR count). The second-order valence-electron chi connectivity index (χ2n) is 5.12. The first kappa shape index (κ1) is 13.5. The monoisotopic (exact) mass is 257 g/mol. The van der Waals surface area contributed by atoms with Gasteiger partial charge in [-0.05, 0) is 29.5 Å². The van der Waals surface area contributed by atoms with Crippen molar-refractivity contribution in [1.82, 2.24) is 0 Å². The van der Waals surface area contributed by atoms with Gasteiger partial charge in [0.2, 0.25) is 0 Å². The van der Waals surface area contributed by atoms with Crippen molar-refractivity contribution in [3.05, 3.63) is 41.1 Å². The Labute approximate surface area is 114 Å². The van der Waals surface area contributed by atoms with Gasteiger partial charge in [-0.25, -0.2) is 9.79 Å². The molecule has 0 N–H and O–H groups in total. The Morgan fingerprint density at radius 3 is 2.53 bits per heavy atom. The summed E-state index contributed by atoms with van der Waals surface area (Å²) in [6.07, 6.45) is 3.47. The molecule has 0 bridgehead atoms. The molecule has 1 aromatic rings. The van der Waals surface area contributed by atoms with Gasteiger partial charge in [-0.1, -0.05) is 45.0 Å². The summed E-state index contributed by atoms with van der Waals surface area (Å²) in [6.45, 7) is 6.26. The van der Waals surface area contributed by atoms with Gasteiger partial charge in [0.25, 0.3) is 0 Å². The zero-order valence-corrected chi connectivity index (χ0v) is 11.6. The van der Waals surface area contributed by atoms with E-state index in [0.717, 1.165) is 12.0 Å². The van der Waals surface area contributed by atoms with Gasteiger partial charge in [0, 0.05) is 6.42 Å². The number of cyclic esters (lactones) is 1. The number of hydrogen-bond donors (Lipinski definition) is 0. The fraction of sp³-hybridized carbons (Fsp3) is 0.375. The molecule has 1 aliphatic heterocycles. The largest absolute Gasteiger partial charge is 0.407 e. The van der Waals surface area contributed by atoms with Crippen molar-refractivity contribution in [3.8, 4) is 0 Å². The third-order valence-electron chi connectivity index (χ3n) is 2.94. The summed E-state index contributed by atoms with van der Waals surface area (Å²) in [5.74, 6) is 0.599. The van der Waals surface area contributed by atoms with Crippen LogP contribution in [0.3, 0.4) is 0 Å². The highest BCUT2D eigenvalue weighted by atomic mass is 16.6. The summed E-state index contributed by atoms with van der Waals surface area (Å²) in [4.78, 5) is 15.9. The Morgan fingerprint density at radius 1 is 1.26 bits per heavy atom. The molecule has 1 aromatic carbocycles. The summed E-state index contributed by atoms with van der Waals surface area (Å²) in [7, 11) is 0. The van der Waals surface area contributed by atoms with Crippen LogP contribution in [0.15, 0.2) is 35.0 Å². The predicted octanol–water partition coefficient (Wildman–Crippen LogP) is 3.59. The van der Waals surface area contributed by atoms with E-state index in [1.54, 1.807) is 6.08 Å². The Kier molecular flexibility index (Phi) is 4.15. The number of ether oxygens (including phenoxy) is 1. The number of carbonyl (C=O) groups is 1. The third kappa shape index (κ3) is 3.53. The van der Waals surface area contributed by atoms with Crippen molar-refractivity contribution >= 4 is 17.9 Å². The molecule has 0 aliphatic carbocycles. The first-order valence-corrected chi connectivity index (χ1v) is 6.69. The van der Waals surface area contributed by atoms with Crippen LogP contribution in [-0.4, -0.2) is 11.9 Å². The lowest BCUT2D eigenvalue weighted by atomic mass is 10.1. The topological polar surface area (TPSA) is 38.7 Å². The molecule has 19 heavy (non-hydrogen) atoms.